The van der Waals surface area contributed by atoms with Crippen LogP contribution in [0.15, 0.2) is 47.4 Å². The molecule has 112 valence electrons. The minimum atomic E-state index is -0.191. The van der Waals surface area contributed by atoms with E-state index in [0.29, 0.717) is 12.8 Å². The third-order valence-corrected chi connectivity index (χ3v) is 4.67. The van der Waals surface area contributed by atoms with E-state index in [-0.39, 0.29) is 22.9 Å². The summed E-state index contributed by atoms with van der Waals surface area (Å²) in [5.41, 5.74) is 0. The summed E-state index contributed by atoms with van der Waals surface area (Å²) in [4.78, 5) is 24.6. The van der Waals surface area contributed by atoms with Gasteiger partial charge < -0.3 is 4.74 Å². The Labute approximate surface area is 129 Å². The Morgan fingerprint density at radius 3 is 2.33 bits per heavy atom. The van der Waals surface area contributed by atoms with Crippen LogP contribution in [-0.4, -0.2) is 18.2 Å². The predicted molar refractivity (Wildman–Crippen MR) is 83.9 cm³/mol. The van der Waals surface area contributed by atoms with Crippen LogP contribution in [0.2, 0.25) is 0 Å². The summed E-state index contributed by atoms with van der Waals surface area (Å²) in [6, 6.07) is 9.68. The summed E-state index contributed by atoms with van der Waals surface area (Å²) in [7, 11) is 1.41. The second-order valence-corrected chi connectivity index (χ2v) is 6.37. The molecule has 3 nitrogen and oxygen atoms in total. The van der Waals surface area contributed by atoms with Gasteiger partial charge in [-0.1, -0.05) is 42.1 Å². The number of thioether (sulfide) groups is 1. The van der Waals surface area contributed by atoms with Crippen LogP contribution in [0, 0.1) is 11.8 Å². The Morgan fingerprint density at radius 1 is 1.10 bits per heavy atom. The molecule has 0 saturated heterocycles. The van der Waals surface area contributed by atoms with Crippen molar-refractivity contribution in [3.05, 3.63) is 42.5 Å². The smallest absolute Gasteiger partial charge is 0.305 e. The summed E-state index contributed by atoms with van der Waals surface area (Å²) < 4.78 is 4.75. The molecular weight excluding hydrogens is 284 g/mol. The lowest BCUT2D eigenvalue weighted by molar-refractivity contribution is -0.142. The minimum Gasteiger partial charge on any atom is -0.469 e. The van der Waals surface area contributed by atoms with Gasteiger partial charge in [0.05, 0.1) is 7.11 Å². The third-order valence-electron chi connectivity index (χ3n) is 3.77. The number of allylic oxidation sites excluding steroid dienone is 2. The molecule has 0 heterocycles. The Balaban J connectivity index is 1.91. The highest BCUT2D eigenvalue weighted by molar-refractivity contribution is 8.13. The molecule has 0 N–H and O–H groups in total. The zero-order chi connectivity index (χ0) is 15.1. The van der Waals surface area contributed by atoms with Gasteiger partial charge in [0, 0.05) is 17.7 Å². The fourth-order valence-corrected chi connectivity index (χ4v) is 3.45. The van der Waals surface area contributed by atoms with Crippen molar-refractivity contribution in [3.8, 4) is 0 Å². The number of rotatable bonds is 5. The van der Waals surface area contributed by atoms with Gasteiger partial charge in [0.25, 0.3) is 0 Å². The Hall–Kier alpha value is -1.55. The molecule has 1 aromatic rings. The first-order valence-electron chi connectivity index (χ1n) is 7.16. The summed E-state index contributed by atoms with van der Waals surface area (Å²) in [5.74, 6) is 0.254. The molecule has 1 aliphatic rings. The normalized spacial score (nSPS) is 21.0. The van der Waals surface area contributed by atoms with E-state index < -0.39 is 0 Å². The van der Waals surface area contributed by atoms with Gasteiger partial charge >= 0.3 is 5.97 Å². The molecule has 0 aliphatic heterocycles. The van der Waals surface area contributed by atoms with Crippen LogP contribution in [0.4, 0.5) is 0 Å². The Kier molecular flexibility index (Phi) is 6.05. The minimum absolute atomic E-state index is 0.163. The molecule has 1 aliphatic carbocycles. The Bertz CT molecular complexity index is 510. The van der Waals surface area contributed by atoms with Crippen LogP contribution >= 0.6 is 11.8 Å². The highest BCUT2D eigenvalue weighted by Crippen LogP contribution is 2.33. The number of benzene rings is 1. The molecule has 0 fully saturated rings. The molecule has 0 radical (unpaired) electrons. The maximum absolute atomic E-state index is 12.2. The average Bonchev–Trinajstić information content (AvgIpc) is 2.50. The lowest BCUT2D eigenvalue weighted by atomic mass is 9.79. The van der Waals surface area contributed by atoms with Crippen molar-refractivity contribution in [3.63, 3.8) is 0 Å². The van der Waals surface area contributed by atoms with Crippen molar-refractivity contribution < 1.29 is 14.3 Å². The van der Waals surface area contributed by atoms with E-state index in [1.165, 1.54) is 18.9 Å². The average molecular weight is 304 g/mol. The molecular formula is C17H20O3S. The zero-order valence-electron chi connectivity index (χ0n) is 12.2. The fourth-order valence-electron chi connectivity index (χ4n) is 2.60. The van der Waals surface area contributed by atoms with Gasteiger partial charge in [-0.15, -0.1) is 0 Å². The number of esters is 1. The van der Waals surface area contributed by atoms with E-state index >= 15 is 0 Å². The number of hydrogen-bond acceptors (Lipinski definition) is 4. The second-order valence-electron chi connectivity index (χ2n) is 5.23. The molecule has 0 saturated carbocycles. The van der Waals surface area contributed by atoms with E-state index in [0.717, 1.165) is 17.7 Å². The monoisotopic (exact) mass is 304 g/mol. The van der Waals surface area contributed by atoms with Crippen molar-refractivity contribution in [2.45, 2.75) is 30.6 Å². The van der Waals surface area contributed by atoms with E-state index in [9.17, 15) is 9.59 Å². The molecule has 0 unspecified atom stereocenters. The summed E-state index contributed by atoms with van der Waals surface area (Å²) in [5, 5.41) is 0.163. The van der Waals surface area contributed by atoms with Crippen LogP contribution < -0.4 is 0 Å². The number of carbonyl (C=O) groups excluding carboxylic acids is 2. The van der Waals surface area contributed by atoms with Crippen LogP contribution in [0.5, 0.6) is 0 Å². The summed E-state index contributed by atoms with van der Waals surface area (Å²) in [6.07, 6.45) is 6.82. The van der Waals surface area contributed by atoms with Crippen LogP contribution in [-0.2, 0) is 14.3 Å². The standard InChI is InChI=1S/C17H20O3S/c1-20-16(18)11-13-7-5-6-8-14(13)12-17(19)21-15-9-3-2-4-10-15/h2-6,9-10,13-14H,7-8,11-12H2,1H3/t13-,14+/m1/s1. The van der Waals surface area contributed by atoms with Crippen LogP contribution in [0.1, 0.15) is 25.7 Å². The molecule has 4 heteroatoms. The van der Waals surface area contributed by atoms with Crippen molar-refractivity contribution in [2.75, 3.05) is 7.11 Å². The van der Waals surface area contributed by atoms with E-state index in [1.54, 1.807) is 0 Å². The van der Waals surface area contributed by atoms with Gasteiger partial charge in [-0.3, -0.25) is 9.59 Å². The fraction of sp³-hybridized carbons (Fsp3) is 0.412. The van der Waals surface area contributed by atoms with Crippen molar-refractivity contribution in [1.29, 1.82) is 0 Å². The first-order valence-corrected chi connectivity index (χ1v) is 7.98. The van der Waals surface area contributed by atoms with Gasteiger partial charge in [-0.25, -0.2) is 0 Å². The van der Waals surface area contributed by atoms with Crippen molar-refractivity contribution in [1.82, 2.24) is 0 Å². The van der Waals surface area contributed by atoms with E-state index in [2.05, 4.69) is 12.2 Å². The summed E-state index contributed by atoms with van der Waals surface area (Å²) >= 11 is 1.28. The lowest BCUT2D eigenvalue weighted by Crippen LogP contribution is -2.22. The Morgan fingerprint density at radius 2 is 1.71 bits per heavy atom. The molecule has 0 aromatic heterocycles. The van der Waals surface area contributed by atoms with Gasteiger partial charge in [-0.05, 0) is 36.8 Å². The van der Waals surface area contributed by atoms with Gasteiger partial charge in [0.1, 0.15) is 0 Å². The maximum atomic E-state index is 12.2. The first-order chi connectivity index (χ1) is 10.2. The van der Waals surface area contributed by atoms with E-state index in [4.69, 9.17) is 4.74 Å². The molecule has 0 bridgehead atoms. The van der Waals surface area contributed by atoms with Crippen LogP contribution in [0.25, 0.3) is 0 Å². The predicted octanol–water partition coefficient (Wildman–Crippen LogP) is 3.84. The highest BCUT2D eigenvalue weighted by atomic mass is 32.2. The quantitative estimate of drug-likeness (QED) is 0.471. The van der Waals surface area contributed by atoms with Crippen molar-refractivity contribution >= 4 is 22.8 Å². The number of ether oxygens (including phenoxy) is 1. The van der Waals surface area contributed by atoms with Gasteiger partial charge in [0.15, 0.2) is 5.12 Å². The molecule has 2 rings (SSSR count). The summed E-state index contributed by atoms with van der Waals surface area (Å²) in [6.45, 7) is 0. The molecule has 0 spiro atoms. The maximum Gasteiger partial charge on any atom is 0.305 e. The number of hydrogen-bond donors (Lipinski definition) is 0. The topological polar surface area (TPSA) is 43.4 Å². The molecule has 21 heavy (non-hydrogen) atoms. The largest absolute Gasteiger partial charge is 0.469 e. The van der Waals surface area contributed by atoms with Crippen LogP contribution in [0.3, 0.4) is 0 Å². The van der Waals surface area contributed by atoms with Gasteiger partial charge in [0.2, 0.25) is 0 Å². The SMILES string of the molecule is COC(=O)C[C@H]1CC=CC[C@H]1CC(=O)Sc1ccccc1. The molecule has 0 amide bonds. The number of carbonyl (C=O) groups is 2. The lowest BCUT2D eigenvalue weighted by Gasteiger charge is -2.27. The molecule has 1 aromatic carbocycles. The van der Waals surface area contributed by atoms with E-state index in [1.807, 2.05) is 30.3 Å². The van der Waals surface area contributed by atoms with Crippen molar-refractivity contribution in [2.24, 2.45) is 11.8 Å². The van der Waals surface area contributed by atoms with Gasteiger partial charge in [-0.2, -0.15) is 0 Å². The zero-order valence-corrected chi connectivity index (χ0v) is 13.0. The second kappa shape index (κ2) is 8.03. The molecule has 2 atom stereocenters. The number of methoxy groups -OCH3 is 1. The first kappa shape index (κ1) is 15.8. The highest BCUT2D eigenvalue weighted by Gasteiger charge is 2.27. The third kappa shape index (κ3) is 5.05.